The maximum atomic E-state index is 6.08. The van der Waals surface area contributed by atoms with Crippen LogP contribution in [-0.4, -0.2) is 55.7 Å². The molecule has 3 rings (SSSR count). The molecule has 0 amide bonds. The molecular formula is C20H29ClIN5OS. The zero-order valence-electron chi connectivity index (χ0n) is 17.1. The van der Waals surface area contributed by atoms with Gasteiger partial charge in [0.1, 0.15) is 0 Å². The van der Waals surface area contributed by atoms with E-state index in [4.69, 9.17) is 16.3 Å². The minimum absolute atomic E-state index is 0. The summed E-state index contributed by atoms with van der Waals surface area (Å²) in [4.78, 5) is 12.6. The third-order valence-electron chi connectivity index (χ3n) is 4.84. The molecule has 2 N–H and O–H groups in total. The van der Waals surface area contributed by atoms with Crippen LogP contribution in [0.15, 0.2) is 29.3 Å². The van der Waals surface area contributed by atoms with E-state index in [0.29, 0.717) is 0 Å². The Bertz CT molecular complexity index is 793. The van der Waals surface area contributed by atoms with E-state index in [2.05, 4.69) is 37.6 Å². The van der Waals surface area contributed by atoms with Gasteiger partial charge >= 0.3 is 0 Å². The Morgan fingerprint density at radius 1 is 1.24 bits per heavy atom. The van der Waals surface area contributed by atoms with Gasteiger partial charge in [0.25, 0.3) is 0 Å². The first kappa shape index (κ1) is 24.3. The molecule has 2 heterocycles. The van der Waals surface area contributed by atoms with Crippen LogP contribution in [0.25, 0.3) is 0 Å². The van der Waals surface area contributed by atoms with Gasteiger partial charge in [0.15, 0.2) is 5.96 Å². The summed E-state index contributed by atoms with van der Waals surface area (Å²) in [6.45, 7) is 8.92. The van der Waals surface area contributed by atoms with Crippen LogP contribution >= 0.6 is 46.9 Å². The summed E-state index contributed by atoms with van der Waals surface area (Å²) in [5.74, 6) is 0.790. The van der Waals surface area contributed by atoms with Crippen LogP contribution < -0.4 is 10.6 Å². The van der Waals surface area contributed by atoms with Crippen molar-refractivity contribution >= 4 is 52.9 Å². The highest BCUT2D eigenvalue weighted by atomic mass is 127. The third kappa shape index (κ3) is 7.06. The summed E-state index contributed by atoms with van der Waals surface area (Å²) < 4.78 is 5.53. The van der Waals surface area contributed by atoms with Gasteiger partial charge in [-0.2, -0.15) is 0 Å². The topological polar surface area (TPSA) is 61.8 Å². The third-order valence-corrected chi connectivity index (χ3v) is 6.17. The molecule has 0 bridgehead atoms. The molecule has 1 aromatic carbocycles. The Hall–Kier alpha value is -0.940. The van der Waals surface area contributed by atoms with Crippen molar-refractivity contribution in [2.45, 2.75) is 26.4 Å². The summed E-state index contributed by atoms with van der Waals surface area (Å²) in [5.41, 5.74) is 2.32. The average molecular weight is 550 g/mol. The largest absolute Gasteiger partial charge is 0.379 e. The van der Waals surface area contributed by atoms with E-state index in [9.17, 15) is 0 Å². The number of guanidine groups is 1. The lowest BCUT2D eigenvalue weighted by Gasteiger charge is -2.35. The van der Waals surface area contributed by atoms with Crippen molar-refractivity contribution in [1.29, 1.82) is 0 Å². The zero-order chi connectivity index (χ0) is 19.9. The standard InChI is InChI=1S/C20H28ClN5OS.HI/c1-14-19(28-15(2)25-14)13-24-20(22-3)23-12-18(26-8-10-27-11-9-26)16-4-6-17(21)7-5-16;/h4-7,18H,8-13H2,1-3H3,(H2,22,23,24);1H. The fraction of sp³-hybridized carbons (Fsp3) is 0.500. The molecule has 1 fully saturated rings. The van der Waals surface area contributed by atoms with Gasteiger partial charge in [0.2, 0.25) is 0 Å². The molecule has 0 saturated carbocycles. The van der Waals surface area contributed by atoms with Crippen molar-refractivity contribution in [2.24, 2.45) is 4.99 Å². The smallest absolute Gasteiger partial charge is 0.191 e. The zero-order valence-corrected chi connectivity index (χ0v) is 21.0. The predicted molar refractivity (Wildman–Crippen MR) is 132 cm³/mol. The molecule has 1 unspecified atom stereocenters. The molecule has 2 aromatic rings. The SMILES string of the molecule is CN=C(NCc1sc(C)nc1C)NCC(c1ccc(Cl)cc1)N1CCOCC1.I. The van der Waals surface area contributed by atoms with Crippen LogP contribution in [0.3, 0.4) is 0 Å². The van der Waals surface area contributed by atoms with Crippen molar-refractivity contribution < 1.29 is 4.74 Å². The Labute approximate surface area is 199 Å². The predicted octanol–water partition coefficient (Wildman–Crippen LogP) is 3.77. The highest BCUT2D eigenvalue weighted by Crippen LogP contribution is 2.23. The van der Waals surface area contributed by atoms with E-state index >= 15 is 0 Å². The second-order valence-electron chi connectivity index (χ2n) is 6.76. The molecule has 1 atom stereocenters. The minimum atomic E-state index is 0. The number of benzene rings is 1. The van der Waals surface area contributed by atoms with Crippen LogP contribution in [0, 0.1) is 13.8 Å². The van der Waals surface area contributed by atoms with E-state index in [1.54, 1.807) is 18.4 Å². The Kier molecular flexibility index (Phi) is 10.1. The maximum absolute atomic E-state index is 6.08. The van der Waals surface area contributed by atoms with E-state index < -0.39 is 0 Å². The molecule has 0 spiro atoms. The first-order valence-corrected chi connectivity index (χ1v) is 10.7. The summed E-state index contributed by atoms with van der Waals surface area (Å²) in [7, 11) is 1.80. The minimum Gasteiger partial charge on any atom is -0.379 e. The van der Waals surface area contributed by atoms with Gasteiger partial charge in [-0.15, -0.1) is 35.3 Å². The van der Waals surface area contributed by atoms with E-state index in [-0.39, 0.29) is 30.0 Å². The number of aliphatic imine (C=N–C) groups is 1. The lowest BCUT2D eigenvalue weighted by atomic mass is 10.0. The number of thiazole rings is 1. The lowest BCUT2D eigenvalue weighted by molar-refractivity contribution is 0.0170. The van der Waals surface area contributed by atoms with Crippen LogP contribution in [0.5, 0.6) is 0 Å². The normalized spacial score (nSPS) is 16.2. The molecule has 1 saturated heterocycles. The van der Waals surface area contributed by atoms with Crippen LogP contribution in [0.1, 0.15) is 27.2 Å². The molecule has 0 radical (unpaired) electrons. The fourth-order valence-electron chi connectivity index (χ4n) is 3.35. The first-order valence-electron chi connectivity index (χ1n) is 9.51. The van der Waals surface area contributed by atoms with Crippen LogP contribution in [0.4, 0.5) is 0 Å². The molecule has 6 nitrogen and oxygen atoms in total. The number of hydrogen-bond donors (Lipinski definition) is 2. The van der Waals surface area contributed by atoms with Crippen molar-refractivity contribution in [3.8, 4) is 0 Å². The monoisotopic (exact) mass is 549 g/mol. The second-order valence-corrected chi connectivity index (χ2v) is 8.49. The number of morpholine rings is 1. The fourth-order valence-corrected chi connectivity index (χ4v) is 4.35. The molecule has 9 heteroatoms. The highest BCUT2D eigenvalue weighted by Gasteiger charge is 2.23. The van der Waals surface area contributed by atoms with Gasteiger partial charge in [-0.3, -0.25) is 9.89 Å². The molecular weight excluding hydrogens is 521 g/mol. The van der Waals surface area contributed by atoms with Gasteiger partial charge < -0.3 is 15.4 Å². The number of rotatable bonds is 6. The van der Waals surface area contributed by atoms with Crippen LogP contribution in [-0.2, 0) is 11.3 Å². The lowest BCUT2D eigenvalue weighted by Crippen LogP contribution is -2.46. The molecule has 1 aliphatic rings. The van der Waals surface area contributed by atoms with E-state index in [1.807, 2.05) is 26.0 Å². The average Bonchev–Trinajstić information content (AvgIpc) is 3.03. The summed E-state index contributed by atoms with van der Waals surface area (Å²) >= 11 is 7.80. The Balaban J connectivity index is 0.00000300. The van der Waals surface area contributed by atoms with E-state index in [0.717, 1.165) is 61.1 Å². The molecule has 160 valence electrons. The van der Waals surface area contributed by atoms with Gasteiger partial charge in [-0.25, -0.2) is 4.98 Å². The summed E-state index contributed by atoms with van der Waals surface area (Å²) in [5, 5.41) is 8.73. The quantitative estimate of drug-likeness (QED) is 0.326. The number of ether oxygens (including phenoxy) is 1. The van der Waals surface area contributed by atoms with Crippen molar-refractivity contribution in [1.82, 2.24) is 20.5 Å². The van der Waals surface area contributed by atoms with E-state index in [1.165, 1.54) is 10.4 Å². The number of halogens is 2. The Morgan fingerprint density at radius 2 is 1.93 bits per heavy atom. The Morgan fingerprint density at radius 3 is 2.52 bits per heavy atom. The number of hydrogen-bond acceptors (Lipinski definition) is 5. The molecule has 0 aliphatic carbocycles. The van der Waals surface area contributed by atoms with Crippen molar-refractivity contribution in [3.63, 3.8) is 0 Å². The first-order chi connectivity index (χ1) is 13.6. The number of nitrogens with one attached hydrogen (secondary N) is 2. The molecule has 1 aromatic heterocycles. The van der Waals surface area contributed by atoms with Gasteiger partial charge in [0.05, 0.1) is 36.5 Å². The van der Waals surface area contributed by atoms with Crippen molar-refractivity contribution in [2.75, 3.05) is 39.9 Å². The summed E-state index contributed by atoms with van der Waals surface area (Å²) in [6.07, 6.45) is 0. The summed E-state index contributed by atoms with van der Waals surface area (Å²) in [6, 6.07) is 8.33. The van der Waals surface area contributed by atoms with Crippen molar-refractivity contribution in [3.05, 3.63) is 50.4 Å². The number of nitrogens with zero attached hydrogens (tertiary/aromatic N) is 3. The molecule has 29 heavy (non-hydrogen) atoms. The van der Waals surface area contributed by atoms with Gasteiger partial charge in [-0.1, -0.05) is 23.7 Å². The van der Waals surface area contributed by atoms with Gasteiger partial charge in [-0.05, 0) is 31.5 Å². The molecule has 1 aliphatic heterocycles. The number of aryl methyl sites for hydroxylation is 2. The maximum Gasteiger partial charge on any atom is 0.191 e. The van der Waals surface area contributed by atoms with Crippen LogP contribution in [0.2, 0.25) is 5.02 Å². The number of aromatic nitrogens is 1. The highest BCUT2D eigenvalue weighted by molar-refractivity contribution is 14.0. The second kappa shape index (κ2) is 12.0. The van der Waals surface area contributed by atoms with Gasteiger partial charge in [0, 0.05) is 36.6 Å².